The van der Waals surface area contributed by atoms with E-state index in [4.69, 9.17) is 4.52 Å². The summed E-state index contributed by atoms with van der Waals surface area (Å²) in [6.07, 6.45) is 1.03. The number of nitrogens with zero attached hydrogens (tertiary/aromatic N) is 1. The van der Waals surface area contributed by atoms with E-state index in [0.717, 1.165) is 38.0 Å². The monoisotopic (exact) mass is 372 g/mol. The molecule has 23 heavy (non-hydrogen) atoms. The van der Waals surface area contributed by atoms with Crippen LogP contribution in [0.2, 0.25) is 0 Å². The van der Waals surface area contributed by atoms with E-state index in [0.29, 0.717) is 12.8 Å². The van der Waals surface area contributed by atoms with Crippen molar-refractivity contribution in [3.05, 3.63) is 57.9 Å². The lowest BCUT2D eigenvalue weighted by Crippen LogP contribution is -2.12. The number of carbonyl (C=O) groups excluding carboxylic acids is 1. The summed E-state index contributed by atoms with van der Waals surface area (Å²) in [7, 11) is 0. The van der Waals surface area contributed by atoms with Crippen LogP contribution in [0.4, 0.5) is 5.69 Å². The van der Waals surface area contributed by atoms with Gasteiger partial charge in [0.15, 0.2) is 0 Å². The molecule has 0 saturated carbocycles. The molecule has 3 aromatic rings. The van der Waals surface area contributed by atoms with Crippen molar-refractivity contribution in [3.8, 4) is 0 Å². The fourth-order valence-electron chi connectivity index (χ4n) is 2.64. The molecule has 0 saturated heterocycles. The SMILES string of the molecule is Cc1noc(C)c1CCC(=O)Nc1ccc2c(Br)cccc2c1. The highest BCUT2D eigenvalue weighted by molar-refractivity contribution is 9.10. The maximum atomic E-state index is 12.2. The van der Waals surface area contributed by atoms with Crippen LogP contribution in [0.3, 0.4) is 0 Å². The highest BCUT2D eigenvalue weighted by atomic mass is 79.9. The third-order valence-electron chi connectivity index (χ3n) is 3.89. The fraction of sp³-hybridized carbons (Fsp3) is 0.222. The Hall–Kier alpha value is -2.14. The Bertz CT molecular complexity index is 851. The Kier molecular flexibility index (Phi) is 4.48. The van der Waals surface area contributed by atoms with Gasteiger partial charge in [-0.2, -0.15) is 0 Å². The lowest BCUT2D eigenvalue weighted by atomic mass is 10.1. The average molecular weight is 373 g/mol. The van der Waals surface area contributed by atoms with Crippen LogP contribution in [-0.2, 0) is 11.2 Å². The molecule has 0 aliphatic carbocycles. The first-order chi connectivity index (χ1) is 11.0. The molecule has 1 aromatic heterocycles. The van der Waals surface area contributed by atoms with Gasteiger partial charge in [-0.05, 0) is 49.2 Å². The molecular formula is C18H17BrN2O2. The van der Waals surface area contributed by atoms with Crippen LogP contribution in [0.5, 0.6) is 0 Å². The number of aryl methyl sites for hydroxylation is 2. The zero-order valence-electron chi connectivity index (χ0n) is 13.0. The van der Waals surface area contributed by atoms with Gasteiger partial charge in [0.05, 0.1) is 5.69 Å². The van der Waals surface area contributed by atoms with E-state index in [1.165, 1.54) is 0 Å². The minimum atomic E-state index is -0.0145. The number of fused-ring (bicyclic) bond motifs is 1. The number of amides is 1. The van der Waals surface area contributed by atoms with Gasteiger partial charge >= 0.3 is 0 Å². The molecule has 3 rings (SSSR count). The van der Waals surface area contributed by atoms with E-state index in [1.54, 1.807) is 0 Å². The minimum absolute atomic E-state index is 0.0145. The standard InChI is InChI=1S/C18H17BrN2O2/c1-11-15(12(2)23-21-11)8-9-18(22)20-14-6-7-16-13(10-14)4-3-5-17(16)19/h3-7,10H,8-9H2,1-2H3,(H,20,22). The smallest absolute Gasteiger partial charge is 0.224 e. The van der Waals surface area contributed by atoms with Crippen molar-refractivity contribution in [1.82, 2.24) is 5.16 Å². The first kappa shape index (κ1) is 15.7. The largest absolute Gasteiger partial charge is 0.361 e. The number of rotatable bonds is 4. The van der Waals surface area contributed by atoms with Gasteiger partial charge < -0.3 is 9.84 Å². The van der Waals surface area contributed by atoms with Crippen LogP contribution in [0.1, 0.15) is 23.4 Å². The predicted molar refractivity (Wildman–Crippen MR) is 94.6 cm³/mol. The maximum absolute atomic E-state index is 12.2. The van der Waals surface area contributed by atoms with E-state index in [-0.39, 0.29) is 5.91 Å². The molecule has 0 unspecified atom stereocenters. The van der Waals surface area contributed by atoms with Gasteiger partial charge in [0.1, 0.15) is 5.76 Å². The van der Waals surface area contributed by atoms with Crippen LogP contribution in [0, 0.1) is 13.8 Å². The fourth-order valence-corrected chi connectivity index (χ4v) is 3.16. The van der Waals surface area contributed by atoms with Crippen LogP contribution in [0.25, 0.3) is 10.8 Å². The van der Waals surface area contributed by atoms with Crippen LogP contribution in [0.15, 0.2) is 45.4 Å². The molecule has 4 nitrogen and oxygen atoms in total. The Morgan fingerprint density at radius 1 is 1.26 bits per heavy atom. The highest BCUT2D eigenvalue weighted by Crippen LogP contribution is 2.26. The summed E-state index contributed by atoms with van der Waals surface area (Å²) < 4.78 is 6.17. The third kappa shape index (κ3) is 3.45. The maximum Gasteiger partial charge on any atom is 0.224 e. The molecular weight excluding hydrogens is 356 g/mol. The van der Waals surface area contributed by atoms with Gasteiger partial charge in [0.2, 0.25) is 5.91 Å². The van der Waals surface area contributed by atoms with Crippen molar-refractivity contribution in [1.29, 1.82) is 0 Å². The first-order valence-electron chi connectivity index (χ1n) is 7.44. The molecule has 5 heteroatoms. The molecule has 0 fully saturated rings. The van der Waals surface area contributed by atoms with Crippen LogP contribution < -0.4 is 5.32 Å². The van der Waals surface area contributed by atoms with E-state index in [9.17, 15) is 4.79 Å². The molecule has 0 radical (unpaired) electrons. The van der Waals surface area contributed by atoms with Gasteiger partial charge in [0.25, 0.3) is 0 Å². The summed E-state index contributed by atoms with van der Waals surface area (Å²) in [6, 6.07) is 11.9. The minimum Gasteiger partial charge on any atom is -0.361 e. The van der Waals surface area contributed by atoms with E-state index < -0.39 is 0 Å². The number of carbonyl (C=O) groups is 1. The number of nitrogens with one attached hydrogen (secondary N) is 1. The number of hydrogen-bond donors (Lipinski definition) is 1. The van der Waals surface area contributed by atoms with E-state index in [1.807, 2.05) is 50.2 Å². The van der Waals surface area contributed by atoms with Crippen molar-refractivity contribution in [2.45, 2.75) is 26.7 Å². The lowest BCUT2D eigenvalue weighted by Gasteiger charge is -2.07. The van der Waals surface area contributed by atoms with E-state index >= 15 is 0 Å². The number of aromatic nitrogens is 1. The van der Waals surface area contributed by atoms with Crippen molar-refractivity contribution >= 4 is 38.3 Å². The van der Waals surface area contributed by atoms with Crippen LogP contribution in [-0.4, -0.2) is 11.1 Å². The van der Waals surface area contributed by atoms with Gasteiger partial charge in [-0.15, -0.1) is 0 Å². The zero-order chi connectivity index (χ0) is 16.4. The molecule has 2 aromatic carbocycles. The summed E-state index contributed by atoms with van der Waals surface area (Å²) in [5, 5.41) is 9.07. The molecule has 0 atom stereocenters. The Labute approximate surface area is 143 Å². The summed E-state index contributed by atoms with van der Waals surface area (Å²) >= 11 is 3.53. The summed E-state index contributed by atoms with van der Waals surface area (Å²) in [5.41, 5.74) is 2.67. The molecule has 0 aliphatic rings. The number of benzene rings is 2. The van der Waals surface area contributed by atoms with Gasteiger partial charge in [-0.25, -0.2) is 0 Å². The second kappa shape index (κ2) is 6.54. The Balaban J connectivity index is 1.68. The summed E-state index contributed by atoms with van der Waals surface area (Å²) in [5.74, 6) is 0.769. The Morgan fingerprint density at radius 2 is 2.09 bits per heavy atom. The number of anilines is 1. The molecule has 0 aliphatic heterocycles. The Morgan fingerprint density at radius 3 is 2.83 bits per heavy atom. The zero-order valence-corrected chi connectivity index (χ0v) is 14.6. The molecule has 1 heterocycles. The van der Waals surface area contributed by atoms with Crippen molar-refractivity contribution in [2.24, 2.45) is 0 Å². The number of hydrogen-bond acceptors (Lipinski definition) is 3. The van der Waals surface area contributed by atoms with E-state index in [2.05, 4.69) is 26.4 Å². The average Bonchev–Trinajstić information content (AvgIpc) is 2.84. The lowest BCUT2D eigenvalue weighted by molar-refractivity contribution is -0.116. The summed E-state index contributed by atoms with van der Waals surface area (Å²) in [4.78, 5) is 12.2. The summed E-state index contributed by atoms with van der Waals surface area (Å²) in [6.45, 7) is 3.76. The molecule has 1 amide bonds. The topological polar surface area (TPSA) is 55.1 Å². The second-order valence-corrected chi connectivity index (χ2v) is 6.38. The molecule has 0 spiro atoms. The quantitative estimate of drug-likeness (QED) is 0.716. The molecule has 0 bridgehead atoms. The van der Waals surface area contributed by atoms with Crippen molar-refractivity contribution in [2.75, 3.05) is 5.32 Å². The van der Waals surface area contributed by atoms with Gasteiger partial charge in [-0.1, -0.05) is 39.3 Å². The normalized spacial score (nSPS) is 10.9. The van der Waals surface area contributed by atoms with Gasteiger partial charge in [0, 0.05) is 22.1 Å². The second-order valence-electron chi connectivity index (χ2n) is 5.53. The predicted octanol–water partition coefficient (Wildman–Crippen LogP) is 4.78. The van der Waals surface area contributed by atoms with Gasteiger partial charge in [-0.3, -0.25) is 4.79 Å². The highest BCUT2D eigenvalue weighted by Gasteiger charge is 2.11. The molecule has 118 valence electrons. The number of halogens is 1. The van der Waals surface area contributed by atoms with Crippen molar-refractivity contribution in [3.63, 3.8) is 0 Å². The molecule has 1 N–H and O–H groups in total. The van der Waals surface area contributed by atoms with Crippen LogP contribution >= 0.6 is 15.9 Å². The first-order valence-corrected chi connectivity index (χ1v) is 8.24. The third-order valence-corrected chi connectivity index (χ3v) is 4.59. The van der Waals surface area contributed by atoms with Crippen molar-refractivity contribution < 1.29 is 9.32 Å².